The van der Waals surface area contributed by atoms with Gasteiger partial charge in [-0.2, -0.15) is 0 Å². The molecule has 0 radical (unpaired) electrons. The summed E-state index contributed by atoms with van der Waals surface area (Å²) in [6.45, 7) is 3.26. The van der Waals surface area contributed by atoms with E-state index in [1.807, 2.05) is 12.2 Å². The van der Waals surface area contributed by atoms with Crippen molar-refractivity contribution in [1.29, 1.82) is 0 Å². The third kappa shape index (κ3) is 28.5. The van der Waals surface area contributed by atoms with Crippen molar-refractivity contribution in [3.8, 4) is 0 Å². The number of hydrogen-bond donors (Lipinski definition) is 6. The van der Waals surface area contributed by atoms with E-state index in [2.05, 4.69) is 26.0 Å². The maximum absolute atomic E-state index is 12.8. The minimum atomic E-state index is -5.12. The van der Waals surface area contributed by atoms with Gasteiger partial charge >= 0.3 is 19.8 Å². The molecular weight excluding hydrogens is 779 g/mol. The average Bonchev–Trinajstić information content (AvgIpc) is 3.21. The molecule has 0 heterocycles. The van der Waals surface area contributed by atoms with E-state index in [1.165, 1.54) is 103 Å². The van der Waals surface area contributed by atoms with Crippen LogP contribution in [0, 0.1) is 0 Å². The van der Waals surface area contributed by atoms with Gasteiger partial charge in [-0.05, 0) is 51.4 Å². The molecule has 346 valence electrons. The molecule has 8 atom stereocenters. The number of carbonyl (C=O) groups is 2. The summed E-state index contributed by atoms with van der Waals surface area (Å²) >= 11 is 0. The number of phosphoric acid groups is 1. The zero-order chi connectivity index (χ0) is 43.6. The van der Waals surface area contributed by atoms with E-state index in [0.29, 0.717) is 12.8 Å². The highest BCUT2D eigenvalue weighted by molar-refractivity contribution is 7.47. The van der Waals surface area contributed by atoms with Crippen LogP contribution in [0.5, 0.6) is 0 Å². The van der Waals surface area contributed by atoms with Crippen LogP contribution in [0.1, 0.15) is 194 Å². The number of carbonyl (C=O) groups excluding carboxylic acids is 2. The second-order valence-corrected chi connectivity index (χ2v) is 17.7. The van der Waals surface area contributed by atoms with E-state index in [9.17, 15) is 44.6 Å². The summed E-state index contributed by atoms with van der Waals surface area (Å²) in [6, 6.07) is 0. The first-order chi connectivity index (χ1) is 28.4. The molecule has 0 aliphatic heterocycles. The molecule has 0 saturated heterocycles. The summed E-state index contributed by atoms with van der Waals surface area (Å²) in [5.74, 6) is -1.16. The summed E-state index contributed by atoms with van der Waals surface area (Å²) in [4.78, 5) is 35.6. The minimum absolute atomic E-state index is 0.0139. The summed E-state index contributed by atoms with van der Waals surface area (Å²) in [5.41, 5.74) is 0. The minimum Gasteiger partial charge on any atom is -0.462 e. The van der Waals surface area contributed by atoms with Crippen LogP contribution >= 0.6 is 7.82 Å². The number of aliphatic hydroxyl groups excluding tert-OH is 5. The van der Waals surface area contributed by atoms with Gasteiger partial charge < -0.3 is 39.9 Å². The molecule has 6 N–H and O–H groups in total. The van der Waals surface area contributed by atoms with Crippen LogP contribution in [0.2, 0.25) is 0 Å². The van der Waals surface area contributed by atoms with E-state index in [-0.39, 0.29) is 12.8 Å². The standard InChI is InChI=1S/C45H83O13P/c1-3-5-7-9-11-13-15-17-19-21-23-25-27-29-31-33-38(46)55-35-37(36-56-59(53,54)58-45-43(51)41(49)40(48)42(50)44(45)52)57-39(47)34-32-30-28-26-24-22-20-18-16-14-12-10-8-6-4-2/h17,19,28,30,37,40-45,48-52H,3-16,18,20-27,29,31-36H2,1-2H3,(H,53,54)/b19-17+,30-28+/t37-,40?,41-,42?,43?,44?,45?/m1/s1. The second-order valence-electron chi connectivity index (χ2n) is 16.3. The topological polar surface area (TPSA) is 210 Å². The van der Waals surface area contributed by atoms with E-state index < -0.39 is 75.7 Å². The molecular formula is C45H83O13P. The Bertz CT molecular complexity index is 1130. The quantitative estimate of drug-likeness (QED) is 0.0149. The van der Waals surface area contributed by atoms with Crippen LogP contribution < -0.4 is 0 Å². The Kier molecular flexibility index (Phi) is 33.7. The Labute approximate surface area is 356 Å². The van der Waals surface area contributed by atoms with Crippen molar-refractivity contribution >= 4 is 19.8 Å². The fourth-order valence-corrected chi connectivity index (χ4v) is 7.98. The maximum Gasteiger partial charge on any atom is 0.472 e. The lowest BCUT2D eigenvalue weighted by Crippen LogP contribution is -2.64. The van der Waals surface area contributed by atoms with Crippen LogP contribution in [-0.4, -0.2) is 98.3 Å². The molecule has 0 aromatic heterocycles. The fourth-order valence-electron chi connectivity index (χ4n) is 7.01. The molecule has 1 aliphatic carbocycles. The van der Waals surface area contributed by atoms with Gasteiger partial charge in [0.1, 0.15) is 43.2 Å². The van der Waals surface area contributed by atoms with Crippen molar-refractivity contribution in [1.82, 2.24) is 0 Å². The first kappa shape index (κ1) is 55.3. The van der Waals surface area contributed by atoms with Gasteiger partial charge in [-0.3, -0.25) is 18.6 Å². The lowest BCUT2D eigenvalue weighted by atomic mass is 9.85. The normalized spacial score (nSPS) is 22.5. The van der Waals surface area contributed by atoms with Crippen LogP contribution in [0.3, 0.4) is 0 Å². The summed E-state index contributed by atoms with van der Waals surface area (Å²) in [7, 11) is -5.12. The van der Waals surface area contributed by atoms with Gasteiger partial charge in [-0.15, -0.1) is 0 Å². The van der Waals surface area contributed by atoms with Gasteiger partial charge in [0.25, 0.3) is 0 Å². The predicted octanol–water partition coefficient (Wildman–Crippen LogP) is 8.84. The van der Waals surface area contributed by atoms with Crippen molar-refractivity contribution in [2.24, 2.45) is 0 Å². The van der Waals surface area contributed by atoms with Crippen molar-refractivity contribution in [2.75, 3.05) is 13.2 Å². The van der Waals surface area contributed by atoms with Gasteiger partial charge in [0.15, 0.2) is 6.10 Å². The molecule has 1 rings (SSSR count). The molecule has 0 aromatic rings. The third-order valence-electron chi connectivity index (χ3n) is 10.8. The van der Waals surface area contributed by atoms with Crippen LogP contribution in [-0.2, 0) is 32.7 Å². The lowest BCUT2D eigenvalue weighted by molar-refractivity contribution is -0.220. The number of rotatable bonds is 38. The molecule has 1 fully saturated rings. The van der Waals surface area contributed by atoms with E-state index in [0.717, 1.165) is 51.4 Å². The number of ether oxygens (including phenoxy) is 2. The number of hydrogen-bond acceptors (Lipinski definition) is 12. The molecule has 13 nitrogen and oxygen atoms in total. The molecule has 14 heteroatoms. The summed E-state index contributed by atoms with van der Waals surface area (Å²) in [6.07, 6.45) is 25.3. The van der Waals surface area contributed by atoms with Crippen molar-refractivity contribution in [3.63, 3.8) is 0 Å². The molecule has 0 amide bonds. The summed E-state index contributed by atoms with van der Waals surface area (Å²) in [5, 5.41) is 50.1. The largest absolute Gasteiger partial charge is 0.472 e. The number of allylic oxidation sites excluding steroid dienone is 4. The Morgan fingerprint density at radius 1 is 0.508 bits per heavy atom. The molecule has 0 spiro atoms. The number of esters is 2. The van der Waals surface area contributed by atoms with Gasteiger partial charge in [0.05, 0.1) is 6.61 Å². The number of aliphatic hydroxyl groups is 5. The van der Waals surface area contributed by atoms with Crippen molar-refractivity contribution in [3.05, 3.63) is 24.3 Å². The van der Waals surface area contributed by atoms with Gasteiger partial charge in [-0.25, -0.2) is 4.57 Å². The van der Waals surface area contributed by atoms with Crippen molar-refractivity contribution < 1.29 is 63.1 Å². The van der Waals surface area contributed by atoms with Gasteiger partial charge in [0.2, 0.25) is 0 Å². The van der Waals surface area contributed by atoms with Crippen molar-refractivity contribution in [2.45, 2.75) is 236 Å². The Balaban J connectivity index is 2.49. The first-order valence-corrected chi connectivity index (χ1v) is 24.6. The number of unbranched alkanes of at least 4 members (excludes halogenated alkanes) is 22. The first-order valence-electron chi connectivity index (χ1n) is 23.1. The zero-order valence-electron chi connectivity index (χ0n) is 36.6. The molecule has 59 heavy (non-hydrogen) atoms. The highest BCUT2D eigenvalue weighted by Crippen LogP contribution is 2.47. The molecule has 1 saturated carbocycles. The van der Waals surface area contributed by atoms with Crippen LogP contribution in [0.15, 0.2) is 24.3 Å². The van der Waals surface area contributed by atoms with Gasteiger partial charge in [-0.1, -0.05) is 154 Å². The van der Waals surface area contributed by atoms with E-state index >= 15 is 0 Å². The van der Waals surface area contributed by atoms with Crippen LogP contribution in [0.25, 0.3) is 0 Å². The highest BCUT2D eigenvalue weighted by atomic mass is 31.2. The Hall–Kier alpha value is -1.67. The molecule has 6 unspecified atom stereocenters. The van der Waals surface area contributed by atoms with E-state index in [1.54, 1.807) is 0 Å². The molecule has 1 aliphatic rings. The predicted molar refractivity (Wildman–Crippen MR) is 230 cm³/mol. The second kappa shape index (κ2) is 35.9. The number of phosphoric ester groups is 1. The van der Waals surface area contributed by atoms with Crippen LogP contribution in [0.4, 0.5) is 0 Å². The van der Waals surface area contributed by atoms with E-state index in [4.69, 9.17) is 18.5 Å². The summed E-state index contributed by atoms with van der Waals surface area (Å²) < 4.78 is 33.4. The maximum atomic E-state index is 12.8. The third-order valence-corrected chi connectivity index (χ3v) is 11.8. The molecule has 0 aromatic carbocycles. The fraction of sp³-hybridized carbons (Fsp3) is 0.867. The Morgan fingerprint density at radius 2 is 0.898 bits per heavy atom. The lowest BCUT2D eigenvalue weighted by Gasteiger charge is -2.41. The Morgan fingerprint density at radius 3 is 1.36 bits per heavy atom. The SMILES string of the molecule is CCCCCCCC/C=C/CCCCCCCC(=O)OC[C@H](COP(=O)(O)OC1C(O)C(O)C(O)[C@@H](O)C1O)OC(=O)CC/C=C/CCCCCCCCCCCCC. The van der Waals surface area contributed by atoms with Gasteiger partial charge in [0, 0.05) is 12.8 Å². The average molecular weight is 863 g/mol. The zero-order valence-corrected chi connectivity index (χ0v) is 37.4. The highest BCUT2D eigenvalue weighted by Gasteiger charge is 2.51. The smallest absolute Gasteiger partial charge is 0.462 e. The monoisotopic (exact) mass is 863 g/mol. The molecule has 0 bridgehead atoms.